The number of furan rings is 1. The van der Waals surface area contributed by atoms with Crippen LogP contribution < -0.4 is 15.5 Å². The summed E-state index contributed by atoms with van der Waals surface area (Å²) in [6.45, 7) is 4.82. The SMILES string of the molecule is O=C1CN(c2coc3cnc(C(=O)N[C@H]4CN5CCC4CC5)cc23)CCN1. The Morgan fingerprint density at radius 3 is 2.89 bits per heavy atom. The number of hydrogen-bond donors (Lipinski definition) is 2. The summed E-state index contributed by atoms with van der Waals surface area (Å²) < 4.78 is 5.59. The van der Waals surface area contributed by atoms with Crippen LogP contribution in [0.2, 0.25) is 0 Å². The lowest BCUT2D eigenvalue weighted by Gasteiger charge is -2.44. The number of carbonyl (C=O) groups is 2. The number of hydrogen-bond acceptors (Lipinski definition) is 6. The molecular formula is C19H23N5O3. The summed E-state index contributed by atoms with van der Waals surface area (Å²) >= 11 is 0. The largest absolute Gasteiger partial charge is 0.460 e. The zero-order valence-electron chi connectivity index (χ0n) is 15.1. The molecular weight excluding hydrogens is 346 g/mol. The lowest BCUT2D eigenvalue weighted by molar-refractivity contribution is -0.120. The summed E-state index contributed by atoms with van der Waals surface area (Å²) in [6, 6.07) is 1.98. The van der Waals surface area contributed by atoms with E-state index >= 15 is 0 Å². The molecule has 0 aliphatic carbocycles. The first-order valence-corrected chi connectivity index (χ1v) is 9.59. The van der Waals surface area contributed by atoms with Crippen molar-refractivity contribution in [3.05, 3.63) is 24.2 Å². The highest BCUT2D eigenvalue weighted by atomic mass is 16.3. The highest BCUT2D eigenvalue weighted by Gasteiger charge is 2.35. The third-order valence-electron chi connectivity index (χ3n) is 6.03. The summed E-state index contributed by atoms with van der Waals surface area (Å²) in [5.74, 6) is 0.420. The van der Waals surface area contributed by atoms with E-state index in [1.165, 1.54) is 0 Å². The van der Waals surface area contributed by atoms with Crippen LogP contribution in [0.25, 0.3) is 11.0 Å². The van der Waals surface area contributed by atoms with E-state index in [4.69, 9.17) is 4.42 Å². The number of nitrogens with zero attached hydrogens (tertiary/aromatic N) is 3. The Balaban J connectivity index is 1.38. The van der Waals surface area contributed by atoms with E-state index in [0.29, 0.717) is 30.3 Å². The molecule has 0 radical (unpaired) electrons. The second kappa shape index (κ2) is 6.53. The molecule has 8 nitrogen and oxygen atoms in total. The van der Waals surface area contributed by atoms with Gasteiger partial charge in [0.25, 0.3) is 5.91 Å². The van der Waals surface area contributed by atoms with Gasteiger partial charge < -0.3 is 24.9 Å². The van der Waals surface area contributed by atoms with Crippen LogP contribution in [0.15, 0.2) is 22.9 Å². The van der Waals surface area contributed by atoms with E-state index in [2.05, 4.69) is 20.5 Å². The Kier molecular flexibility index (Phi) is 4.00. The van der Waals surface area contributed by atoms with E-state index in [9.17, 15) is 9.59 Å². The fourth-order valence-electron chi connectivity index (χ4n) is 4.50. The lowest BCUT2D eigenvalue weighted by atomic mass is 9.84. The fraction of sp³-hybridized carbons (Fsp3) is 0.526. The van der Waals surface area contributed by atoms with Crippen molar-refractivity contribution in [1.29, 1.82) is 0 Å². The summed E-state index contributed by atoms with van der Waals surface area (Å²) in [4.78, 5) is 33.2. The molecule has 142 valence electrons. The van der Waals surface area contributed by atoms with Crippen molar-refractivity contribution in [3.63, 3.8) is 0 Å². The molecule has 4 fully saturated rings. The molecule has 0 aromatic carbocycles. The molecule has 0 saturated carbocycles. The Morgan fingerprint density at radius 2 is 2.15 bits per heavy atom. The first-order valence-electron chi connectivity index (χ1n) is 9.59. The highest BCUT2D eigenvalue weighted by molar-refractivity contribution is 6.00. The van der Waals surface area contributed by atoms with Gasteiger partial charge in [-0.3, -0.25) is 9.59 Å². The first-order chi connectivity index (χ1) is 13.2. The standard InChI is InChI=1S/C19H23N5O3/c25-18-10-24(6-3-20-18)16-11-27-17-8-21-14(7-13(16)17)19(26)22-15-9-23-4-1-12(15)2-5-23/h7-8,11-12,15H,1-6,9-10H2,(H,20,25)(H,22,26)/t15-/m0/s1. The van der Waals surface area contributed by atoms with E-state index in [1.54, 1.807) is 18.5 Å². The second-order valence-electron chi connectivity index (χ2n) is 7.68. The molecule has 4 aliphatic heterocycles. The maximum atomic E-state index is 12.8. The van der Waals surface area contributed by atoms with Crippen molar-refractivity contribution in [1.82, 2.24) is 20.5 Å². The number of pyridine rings is 1. The third kappa shape index (κ3) is 3.03. The van der Waals surface area contributed by atoms with Crippen LogP contribution in [-0.4, -0.2) is 67.0 Å². The second-order valence-corrected chi connectivity index (χ2v) is 7.68. The molecule has 8 heteroatoms. The number of amides is 2. The number of aromatic nitrogens is 1. The normalized spacial score (nSPS) is 27.6. The van der Waals surface area contributed by atoms with Crippen LogP contribution in [0.3, 0.4) is 0 Å². The van der Waals surface area contributed by atoms with E-state index in [0.717, 1.165) is 43.5 Å². The van der Waals surface area contributed by atoms with Gasteiger partial charge in [0.1, 0.15) is 12.0 Å². The monoisotopic (exact) mass is 369 g/mol. The van der Waals surface area contributed by atoms with Crippen LogP contribution in [0.4, 0.5) is 5.69 Å². The van der Waals surface area contributed by atoms with Gasteiger partial charge in [-0.05, 0) is 37.9 Å². The topological polar surface area (TPSA) is 90.7 Å². The molecule has 27 heavy (non-hydrogen) atoms. The molecule has 1 atom stereocenters. The average molecular weight is 369 g/mol. The molecule has 2 aromatic rings. The summed E-state index contributed by atoms with van der Waals surface area (Å²) in [5, 5.41) is 6.82. The number of nitrogens with one attached hydrogen (secondary N) is 2. The van der Waals surface area contributed by atoms with Crippen molar-refractivity contribution in [2.75, 3.05) is 44.2 Å². The maximum Gasteiger partial charge on any atom is 0.270 e. The number of rotatable bonds is 3. The predicted molar refractivity (Wildman–Crippen MR) is 99.6 cm³/mol. The Labute approximate surface area is 156 Å². The van der Waals surface area contributed by atoms with E-state index in [-0.39, 0.29) is 24.4 Å². The first kappa shape index (κ1) is 16.6. The molecule has 0 spiro atoms. The maximum absolute atomic E-state index is 12.8. The molecule has 2 aromatic heterocycles. The van der Waals surface area contributed by atoms with E-state index < -0.39 is 0 Å². The van der Waals surface area contributed by atoms with Crippen molar-refractivity contribution < 1.29 is 14.0 Å². The Bertz CT molecular complexity index is 887. The van der Waals surface area contributed by atoms with Crippen LogP contribution in [0.5, 0.6) is 0 Å². The van der Waals surface area contributed by atoms with Gasteiger partial charge in [0.05, 0.1) is 18.4 Å². The third-order valence-corrected chi connectivity index (χ3v) is 6.03. The van der Waals surface area contributed by atoms with Crippen molar-refractivity contribution in [2.45, 2.75) is 18.9 Å². The van der Waals surface area contributed by atoms with Crippen molar-refractivity contribution in [2.24, 2.45) is 5.92 Å². The summed E-state index contributed by atoms with van der Waals surface area (Å²) in [5.41, 5.74) is 1.84. The number of carbonyl (C=O) groups excluding carboxylic acids is 2. The minimum absolute atomic E-state index is 0.00928. The molecule has 4 aliphatic rings. The van der Waals surface area contributed by atoms with Gasteiger partial charge in [0.2, 0.25) is 5.91 Å². The fourth-order valence-corrected chi connectivity index (χ4v) is 4.50. The van der Waals surface area contributed by atoms with Crippen molar-refractivity contribution in [3.8, 4) is 0 Å². The van der Waals surface area contributed by atoms with E-state index in [1.807, 2.05) is 4.90 Å². The molecule has 0 unspecified atom stereocenters. The molecule has 2 bridgehead atoms. The smallest absolute Gasteiger partial charge is 0.270 e. The zero-order chi connectivity index (χ0) is 18.4. The Morgan fingerprint density at radius 1 is 1.30 bits per heavy atom. The van der Waals surface area contributed by atoms with Crippen LogP contribution in [-0.2, 0) is 4.79 Å². The van der Waals surface area contributed by atoms with Gasteiger partial charge in [-0.2, -0.15) is 0 Å². The summed E-state index contributed by atoms with van der Waals surface area (Å²) in [7, 11) is 0. The zero-order valence-corrected chi connectivity index (χ0v) is 15.1. The van der Waals surface area contributed by atoms with Crippen LogP contribution >= 0.6 is 0 Å². The number of piperazine rings is 1. The molecule has 6 rings (SSSR count). The Hall–Kier alpha value is -2.61. The van der Waals surface area contributed by atoms with Gasteiger partial charge in [-0.25, -0.2) is 4.98 Å². The minimum atomic E-state index is -0.140. The molecule has 2 N–H and O–H groups in total. The molecule has 6 heterocycles. The van der Waals surface area contributed by atoms with Gasteiger partial charge in [0.15, 0.2) is 5.58 Å². The minimum Gasteiger partial charge on any atom is -0.460 e. The average Bonchev–Trinajstić information content (AvgIpc) is 3.12. The van der Waals surface area contributed by atoms with Crippen molar-refractivity contribution >= 4 is 28.5 Å². The quantitative estimate of drug-likeness (QED) is 0.823. The lowest BCUT2D eigenvalue weighted by Crippen LogP contribution is -2.57. The number of piperidine rings is 3. The van der Waals surface area contributed by atoms with Gasteiger partial charge in [-0.1, -0.05) is 0 Å². The summed E-state index contributed by atoms with van der Waals surface area (Å²) in [6.07, 6.45) is 5.54. The van der Waals surface area contributed by atoms with Gasteiger partial charge >= 0.3 is 0 Å². The van der Waals surface area contributed by atoms with Crippen LogP contribution in [0.1, 0.15) is 23.3 Å². The predicted octanol–water partition coefficient (Wildman–Crippen LogP) is 0.588. The molecule has 4 saturated heterocycles. The van der Waals surface area contributed by atoms with Gasteiger partial charge in [0, 0.05) is 31.1 Å². The van der Waals surface area contributed by atoms with Gasteiger partial charge in [-0.15, -0.1) is 0 Å². The highest BCUT2D eigenvalue weighted by Crippen LogP contribution is 2.30. The number of fused-ring (bicyclic) bond motifs is 4. The molecule has 2 amide bonds. The van der Waals surface area contributed by atoms with Crippen LogP contribution in [0, 0.1) is 5.92 Å². The number of anilines is 1.